The number of aromatic nitrogens is 1. The number of aliphatic hydroxyl groups excluding tert-OH is 1. The van der Waals surface area contributed by atoms with Gasteiger partial charge in [-0.3, -0.25) is 9.78 Å². The van der Waals surface area contributed by atoms with E-state index in [2.05, 4.69) is 18.0 Å². The van der Waals surface area contributed by atoms with Crippen LogP contribution in [0.25, 0.3) is 5.57 Å². The third-order valence-corrected chi connectivity index (χ3v) is 5.36. The smallest absolute Gasteiger partial charge is 0.300 e. The predicted octanol–water partition coefficient (Wildman–Crippen LogP) is 3.94. The van der Waals surface area contributed by atoms with Gasteiger partial charge in [-0.05, 0) is 54.8 Å². The van der Waals surface area contributed by atoms with Crippen molar-refractivity contribution in [2.75, 3.05) is 20.1 Å². The molecule has 6 heteroatoms. The number of piperidine rings is 1. The van der Waals surface area contributed by atoms with Gasteiger partial charge in [0.05, 0.1) is 11.8 Å². The molecule has 0 spiro atoms. The van der Waals surface area contributed by atoms with E-state index in [4.69, 9.17) is 26.5 Å². The van der Waals surface area contributed by atoms with Crippen molar-refractivity contribution in [3.63, 3.8) is 0 Å². The van der Waals surface area contributed by atoms with E-state index in [1.54, 1.807) is 0 Å². The lowest BCUT2D eigenvalue weighted by atomic mass is 9.88. The number of halogens is 1. The van der Waals surface area contributed by atoms with Gasteiger partial charge in [0.2, 0.25) is 0 Å². The van der Waals surface area contributed by atoms with Gasteiger partial charge in [-0.25, -0.2) is 0 Å². The summed E-state index contributed by atoms with van der Waals surface area (Å²) in [7, 11) is 2.16. The number of nitrogens with zero attached hydrogens (tertiary/aromatic N) is 2. The standard InChI is InChI=1S/C20H21ClN2O.C2H4O2/c1-23-9-6-13(7-10-23)19-16-5-4-15(21)12-17(16)18(24)11-14-3-2-8-22-20(14)19;1-2(3)4/h2-5,8,12,18,24H,6-7,9-11H2,1H3;1H3,(H,3,4). The first-order valence-corrected chi connectivity index (χ1v) is 9.77. The second kappa shape index (κ2) is 8.86. The lowest BCUT2D eigenvalue weighted by molar-refractivity contribution is -0.134. The molecule has 0 amide bonds. The van der Waals surface area contributed by atoms with Gasteiger partial charge in [0.15, 0.2) is 0 Å². The van der Waals surface area contributed by atoms with E-state index in [0.717, 1.165) is 55.2 Å². The van der Waals surface area contributed by atoms with Crippen LogP contribution >= 0.6 is 11.6 Å². The molecule has 1 saturated heterocycles. The van der Waals surface area contributed by atoms with Crippen LogP contribution in [0.2, 0.25) is 5.02 Å². The van der Waals surface area contributed by atoms with Crippen molar-refractivity contribution in [1.29, 1.82) is 0 Å². The van der Waals surface area contributed by atoms with Crippen molar-refractivity contribution in [1.82, 2.24) is 9.88 Å². The van der Waals surface area contributed by atoms with Crippen molar-refractivity contribution in [2.24, 2.45) is 0 Å². The monoisotopic (exact) mass is 400 g/mol. The summed E-state index contributed by atoms with van der Waals surface area (Å²) in [5, 5.41) is 18.8. The zero-order valence-corrected chi connectivity index (χ0v) is 16.9. The van der Waals surface area contributed by atoms with Gasteiger partial charge < -0.3 is 15.1 Å². The number of pyridine rings is 1. The number of carboxylic acid groups (broad SMARTS) is 1. The Balaban J connectivity index is 0.000000516. The average molecular weight is 401 g/mol. The van der Waals surface area contributed by atoms with Crippen LogP contribution in [0.5, 0.6) is 0 Å². The predicted molar refractivity (Wildman–Crippen MR) is 110 cm³/mol. The molecular formula is C22H25ClN2O3. The van der Waals surface area contributed by atoms with Crippen molar-refractivity contribution in [3.8, 4) is 0 Å². The van der Waals surface area contributed by atoms with Crippen LogP contribution in [-0.4, -0.2) is 46.2 Å². The number of rotatable bonds is 0. The minimum absolute atomic E-state index is 0.550. The maximum absolute atomic E-state index is 10.8. The minimum Gasteiger partial charge on any atom is -0.481 e. The normalized spacial score (nSPS) is 19.1. The van der Waals surface area contributed by atoms with Crippen LogP contribution in [0.15, 0.2) is 42.1 Å². The summed E-state index contributed by atoms with van der Waals surface area (Å²) >= 11 is 6.21. The summed E-state index contributed by atoms with van der Waals surface area (Å²) in [5.41, 5.74) is 6.79. The zero-order valence-electron chi connectivity index (χ0n) is 16.2. The fraction of sp³-hybridized carbons (Fsp3) is 0.364. The maximum Gasteiger partial charge on any atom is 0.300 e. The molecule has 0 bridgehead atoms. The quantitative estimate of drug-likeness (QED) is 0.700. The molecule has 148 valence electrons. The molecule has 1 aliphatic carbocycles. The molecule has 28 heavy (non-hydrogen) atoms. The molecule has 2 N–H and O–H groups in total. The number of hydrogen-bond donors (Lipinski definition) is 2. The SMILES string of the molecule is CC(=O)O.CN1CCC(=C2c3ccc(Cl)cc3C(O)Cc3cccnc32)CC1. The van der Waals surface area contributed by atoms with Crippen LogP contribution in [0.4, 0.5) is 0 Å². The van der Waals surface area contributed by atoms with E-state index in [9.17, 15) is 5.11 Å². The summed E-state index contributed by atoms with van der Waals surface area (Å²) in [6, 6.07) is 9.89. The Morgan fingerprint density at radius 3 is 2.61 bits per heavy atom. The molecule has 5 nitrogen and oxygen atoms in total. The van der Waals surface area contributed by atoms with E-state index in [1.807, 2.05) is 30.5 Å². The number of carboxylic acids is 1. The molecule has 1 aromatic carbocycles. The molecule has 4 rings (SSSR count). The fourth-order valence-electron chi connectivity index (χ4n) is 3.81. The second-order valence-electron chi connectivity index (χ2n) is 7.26. The number of aliphatic carboxylic acids is 1. The first-order valence-electron chi connectivity index (χ1n) is 9.39. The van der Waals surface area contributed by atoms with Gasteiger partial charge in [-0.1, -0.05) is 29.3 Å². The first kappa shape index (κ1) is 20.5. The minimum atomic E-state index is -0.833. The van der Waals surface area contributed by atoms with E-state index >= 15 is 0 Å². The lowest BCUT2D eigenvalue weighted by Crippen LogP contribution is -2.27. The second-order valence-corrected chi connectivity index (χ2v) is 7.70. The third-order valence-electron chi connectivity index (χ3n) is 5.13. The number of likely N-dealkylation sites (tertiary alicyclic amines) is 1. The highest BCUT2D eigenvalue weighted by Gasteiger charge is 2.27. The molecule has 2 heterocycles. The number of carbonyl (C=O) groups is 1. The molecule has 2 aliphatic rings. The van der Waals surface area contributed by atoms with Gasteiger partial charge in [-0.15, -0.1) is 0 Å². The summed E-state index contributed by atoms with van der Waals surface area (Å²) in [4.78, 5) is 16.1. The van der Waals surface area contributed by atoms with Crippen LogP contribution in [0, 0.1) is 0 Å². The zero-order chi connectivity index (χ0) is 20.3. The first-order chi connectivity index (χ1) is 13.4. The largest absolute Gasteiger partial charge is 0.481 e. The van der Waals surface area contributed by atoms with Gasteiger partial charge in [-0.2, -0.15) is 0 Å². The van der Waals surface area contributed by atoms with Crippen molar-refractivity contribution in [3.05, 3.63) is 69.5 Å². The fourth-order valence-corrected chi connectivity index (χ4v) is 3.99. The van der Waals surface area contributed by atoms with Gasteiger partial charge in [0.25, 0.3) is 5.97 Å². The molecular weight excluding hydrogens is 376 g/mol. The van der Waals surface area contributed by atoms with Crippen molar-refractivity contribution >= 4 is 23.1 Å². The molecule has 0 radical (unpaired) electrons. The Bertz CT molecular complexity index is 896. The number of aliphatic hydroxyl groups is 1. The van der Waals surface area contributed by atoms with E-state index in [0.29, 0.717) is 11.4 Å². The molecule has 1 aliphatic heterocycles. The summed E-state index contributed by atoms with van der Waals surface area (Å²) in [6.45, 7) is 3.21. The van der Waals surface area contributed by atoms with Crippen LogP contribution in [-0.2, 0) is 11.2 Å². The van der Waals surface area contributed by atoms with Gasteiger partial charge in [0.1, 0.15) is 0 Å². The number of fused-ring (bicyclic) bond motifs is 2. The Labute approximate surface area is 170 Å². The highest BCUT2D eigenvalue weighted by molar-refractivity contribution is 6.30. The molecule has 1 fully saturated rings. The van der Waals surface area contributed by atoms with Crippen LogP contribution < -0.4 is 0 Å². The topological polar surface area (TPSA) is 73.7 Å². The van der Waals surface area contributed by atoms with Crippen molar-refractivity contribution < 1.29 is 15.0 Å². The van der Waals surface area contributed by atoms with E-state index in [-0.39, 0.29) is 0 Å². The lowest BCUT2D eigenvalue weighted by Gasteiger charge is -2.27. The highest BCUT2D eigenvalue weighted by atomic mass is 35.5. The molecule has 1 atom stereocenters. The Morgan fingerprint density at radius 1 is 1.25 bits per heavy atom. The van der Waals surface area contributed by atoms with E-state index < -0.39 is 12.1 Å². The van der Waals surface area contributed by atoms with E-state index in [1.165, 1.54) is 11.1 Å². The third kappa shape index (κ3) is 4.61. The summed E-state index contributed by atoms with van der Waals surface area (Å²) < 4.78 is 0. The molecule has 1 aromatic heterocycles. The Kier molecular flexibility index (Phi) is 6.50. The highest BCUT2D eigenvalue weighted by Crippen LogP contribution is 2.41. The van der Waals surface area contributed by atoms with Gasteiger partial charge in [0, 0.05) is 43.2 Å². The summed E-state index contributed by atoms with van der Waals surface area (Å²) in [5.74, 6) is -0.833. The van der Waals surface area contributed by atoms with Crippen LogP contribution in [0.3, 0.4) is 0 Å². The average Bonchev–Trinajstić information content (AvgIpc) is 2.76. The van der Waals surface area contributed by atoms with Crippen molar-refractivity contribution in [2.45, 2.75) is 32.3 Å². The Hall–Kier alpha value is -2.21. The number of benzene rings is 1. The molecule has 2 aromatic rings. The van der Waals surface area contributed by atoms with Crippen LogP contribution in [0.1, 0.15) is 48.3 Å². The molecule has 0 saturated carbocycles. The maximum atomic E-state index is 10.8. The van der Waals surface area contributed by atoms with Gasteiger partial charge >= 0.3 is 0 Å². The summed E-state index contributed by atoms with van der Waals surface area (Å²) in [6.07, 6.45) is 3.96. The molecule has 1 unspecified atom stereocenters. The Morgan fingerprint density at radius 2 is 1.93 bits per heavy atom. The number of hydrogen-bond acceptors (Lipinski definition) is 4.